The largest absolute Gasteiger partial charge is 0.444 e. The van der Waals surface area contributed by atoms with Crippen molar-refractivity contribution in [2.24, 2.45) is 5.92 Å². The molecule has 2 fully saturated rings. The SMILES string of the molecule is CC(C)(C)OC(=O)N1CCCC1C1CCCC1S. The molecule has 1 aliphatic carbocycles. The van der Waals surface area contributed by atoms with Crippen LogP contribution in [0.2, 0.25) is 0 Å². The fraction of sp³-hybridized carbons (Fsp3) is 0.929. The Morgan fingerprint density at radius 2 is 1.94 bits per heavy atom. The molecular weight excluding hydrogens is 246 g/mol. The van der Waals surface area contributed by atoms with E-state index in [1.807, 2.05) is 25.7 Å². The van der Waals surface area contributed by atoms with E-state index in [1.54, 1.807) is 0 Å². The number of ether oxygens (including phenoxy) is 1. The quantitative estimate of drug-likeness (QED) is 0.740. The number of carbonyl (C=O) groups excluding carboxylic acids is 1. The van der Waals surface area contributed by atoms with Gasteiger partial charge in [-0.05, 0) is 52.4 Å². The fourth-order valence-corrected chi connectivity index (χ4v) is 3.73. The van der Waals surface area contributed by atoms with E-state index in [9.17, 15) is 4.79 Å². The van der Waals surface area contributed by atoms with Crippen LogP contribution in [0.15, 0.2) is 0 Å². The molecule has 1 amide bonds. The van der Waals surface area contributed by atoms with Gasteiger partial charge in [0.2, 0.25) is 0 Å². The highest BCUT2D eigenvalue weighted by atomic mass is 32.1. The van der Waals surface area contributed by atoms with E-state index in [-0.39, 0.29) is 6.09 Å². The zero-order chi connectivity index (χ0) is 13.3. The molecule has 0 aromatic carbocycles. The molecule has 104 valence electrons. The Kier molecular flexibility index (Phi) is 4.15. The highest BCUT2D eigenvalue weighted by Gasteiger charge is 2.40. The van der Waals surface area contributed by atoms with E-state index in [0.717, 1.165) is 19.4 Å². The molecule has 1 aliphatic heterocycles. The summed E-state index contributed by atoms with van der Waals surface area (Å²) in [7, 11) is 0. The number of hydrogen-bond acceptors (Lipinski definition) is 3. The molecule has 1 saturated carbocycles. The van der Waals surface area contributed by atoms with Crippen LogP contribution in [-0.2, 0) is 4.74 Å². The third kappa shape index (κ3) is 3.14. The second-order valence-electron chi connectivity index (χ2n) is 6.55. The van der Waals surface area contributed by atoms with Gasteiger partial charge in [-0.25, -0.2) is 4.79 Å². The van der Waals surface area contributed by atoms with E-state index < -0.39 is 5.60 Å². The second kappa shape index (κ2) is 5.32. The lowest BCUT2D eigenvalue weighted by molar-refractivity contribution is 0.0181. The minimum Gasteiger partial charge on any atom is -0.444 e. The third-order valence-electron chi connectivity index (χ3n) is 3.95. The third-order valence-corrected chi connectivity index (χ3v) is 4.59. The molecule has 0 aromatic rings. The zero-order valence-electron chi connectivity index (χ0n) is 11.7. The minimum atomic E-state index is -0.403. The van der Waals surface area contributed by atoms with Gasteiger partial charge in [0.25, 0.3) is 0 Å². The van der Waals surface area contributed by atoms with Crippen LogP contribution in [0, 0.1) is 5.92 Å². The molecular formula is C14H25NO2S. The maximum Gasteiger partial charge on any atom is 0.410 e. The van der Waals surface area contributed by atoms with Crippen molar-refractivity contribution in [3.63, 3.8) is 0 Å². The van der Waals surface area contributed by atoms with Gasteiger partial charge in [0, 0.05) is 17.8 Å². The van der Waals surface area contributed by atoms with E-state index in [1.165, 1.54) is 19.3 Å². The van der Waals surface area contributed by atoms with E-state index in [0.29, 0.717) is 17.2 Å². The molecule has 4 heteroatoms. The predicted octanol–water partition coefficient (Wildman–Crippen LogP) is 3.48. The van der Waals surface area contributed by atoms with Crippen molar-refractivity contribution in [1.29, 1.82) is 0 Å². The maximum absolute atomic E-state index is 12.2. The van der Waals surface area contributed by atoms with Crippen LogP contribution < -0.4 is 0 Å². The minimum absolute atomic E-state index is 0.141. The van der Waals surface area contributed by atoms with Crippen molar-refractivity contribution >= 4 is 18.7 Å². The van der Waals surface area contributed by atoms with Gasteiger partial charge in [-0.2, -0.15) is 12.6 Å². The Bertz CT molecular complexity index is 313. The fourth-order valence-electron chi connectivity index (χ4n) is 3.20. The van der Waals surface area contributed by atoms with Crippen LogP contribution >= 0.6 is 12.6 Å². The molecule has 0 aromatic heterocycles. The molecule has 2 aliphatic rings. The summed E-state index contributed by atoms with van der Waals surface area (Å²) in [6, 6.07) is 0.352. The molecule has 0 N–H and O–H groups in total. The van der Waals surface area contributed by atoms with Crippen molar-refractivity contribution in [3.8, 4) is 0 Å². The predicted molar refractivity (Wildman–Crippen MR) is 76.1 cm³/mol. The van der Waals surface area contributed by atoms with Crippen molar-refractivity contribution in [2.45, 2.75) is 69.8 Å². The van der Waals surface area contributed by atoms with Crippen molar-refractivity contribution < 1.29 is 9.53 Å². The van der Waals surface area contributed by atoms with E-state index in [4.69, 9.17) is 4.74 Å². The molecule has 0 spiro atoms. The number of carbonyl (C=O) groups is 1. The Morgan fingerprint density at radius 3 is 2.50 bits per heavy atom. The van der Waals surface area contributed by atoms with Gasteiger partial charge in [0.05, 0.1) is 0 Å². The van der Waals surface area contributed by atoms with Gasteiger partial charge in [0.15, 0.2) is 0 Å². The number of amides is 1. The zero-order valence-corrected chi connectivity index (χ0v) is 12.6. The van der Waals surface area contributed by atoms with E-state index in [2.05, 4.69) is 12.6 Å². The van der Waals surface area contributed by atoms with Crippen LogP contribution in [0.5, 0.6) is 0 Å². The number of hydrogen-bond donors (Lipinski definition) is 1. The summed E-state index contributed by atoms with van der Waals surface area (Å²) >= 11 is 4.68. The Labute approximate surface area is 116 Å². The smallest absolute Gasteiger partial charge is 0.410 e. The van der Waals surface area contributed by atoms with Crippen LogP contribution in [-0.4, -0.2) is 34.4 Å². The van der Waals surface area contributed by atoms with Crippen molar-refractivity contribution in [1.82, 2.24) is 4.90 Å². The average molecular weight is 271 g/mol. The molecule has 1 heterocycles. The van der Waals surface area contributed by atoms with Crippen LogP contribution in [0.4, 0.5) is 4.79 Å². The van der Waals surface area contributed by atoms with Crippen molar-refractivity contribution in [2.75, 3.05) is 6.54 Å². The average Bonchev–Trinajstić information content (AvgIpc) is 2.82. The Balaban J connectivity index is 2.01. The lowest BCUT2D eigenvalue weighted by atomic mass is 9.96. The van der Waals surface area contributed by atoms with Gasteiger partial charge < -0.3 is 9.64 Å². The van der Waals surface area contributed by atoms with Gasteiger partial charge in [0.1, 0.15) is 5.60 Å². The highest BCUT2D eigenvalue weighted by molar-refractivity contribution is 7.81. The molecule has 2 rings (SSSR count). The summed E-state index contributed by atoms with van der Waals surface area (Å²) in [5.74, 6) is 0.559. The Hall–Kier alpha value is -0.380. The van der Waals surface area contributed by atoms with Gasteiger partial charge in [-0.3, -0.25) is 0 Å². The van der Waals surface area contributed by atoms with Crippen LogP contribution in [0.3, 0.4) is 0 Å². The van der Waals surface area contributed by atoms with Crippen molar-refractivity contribution in [3.05, 3.63) is 0 Å². The van der Waals surface area contributed by atoms with Gasteiger partial charge in [-0.1, -0.05) is 6.42 Å². The molecule has 3 nitrogen and oxygen atoms in total. The second-order valence-corrected chi connectivity index (χ2v) is 7.21. The van der Waals surface area contributed by atoms with Gasteiger partial charge >= 0.3 is 6.09 Å². The van der Waals surface area contributed by atoms with Gasteiger partial charge in [-0.15, -0.1) is 0 Å². The molecule has 0 radical (unpaired) electrons. The summed E-state index contributed by atoms with van der Waals surface area (Å²) < 4.78 is 5.51. The first-order valence-corrected chi connectivity index (χ1v) is 7.58. The topological polar surface area (TPSA) is 29.5 Å². The highest BCUT2D eigenvalue weighted by Crippen LogP contribution is 2.38. The lowest BCUT2D eigenvalue weighted by Crippen LogP contribution is -2.44. The first-order chi connectivity index (χ1) is 8.38. The van der Waals surface area contributed by atoms with Crippen LogP contribution in [0.25, 0.3) is 0 Å². The first-order valence-electron chi connectivity index (χ1n) is 7.06. The summed E-state index contributed by atoms with van der Waals surface area (Å²) in [4.78, 5) is 14.2. The Morgan fingerprint density at radius 1 is 1.22 bits per heavy atom. The summed E-state index contributed by atoms with van der Waals surface area (Å²) in [6.07, 6.45) is 5.71. The number of likely N-dealkylation sites (tertiary alicyclic amines) is 1. The maximum atomic E-state index is 12.2. The molecule has 0 bridgehead atoms. The summed E-state index contributed by atoms with van der Waals surface area (Å²) in [5, 5.41) is 0.457. The summed E-state index contributed by atoms with van der Waals surface area (Å²) in [6.45, 7) is 6.61. The molecule has 1 saturated heterocycles. The summed E-state index contributed by atoms with van der Waals surface area (Å²) in [5.41, 5.74) is -0.403. The van der Waals surface area contributed by atoms with E-state index >= 15 is 0 Å². The number of rotatable bonds is 1. The standard InChI is InChI=1S/C14H25NO2S/c1-14(2,3)17-13(16)15-9-5-7-11(15)10-6-4-8-12(10)18/h10-12,18H,4-9H2,1-3H3. The monoisotopic (exact) mass is 271 g/mol. The lowest BCUT2D eigenvalue weighted by Gasteiger charge is -2.33. The first kappa shape index (κ1) is 14.0. The molecule has 3 atom stereocenters. The van der Waals surface area contributed by atoms with Crippen LogP contribution in [0.1, 0.15) is 52.9 Å². The molecule has 3 unspecified atom stereocenters. The molecule has 18 heavy (non-hydrogen) atoms. The number of nitrogens with zero attached hydrogens (tertiary/aromatic N) is 1. The number of thiol groups is 1. The normalized spacial score (nSPS) is 32.9.